The molecule has 1 fully saturated rings. The zero-order valence-corrected chi connectivity index (χ0v) is 11.1. The van der Waals surface area contributed by atoms with Crippen LogP contribution in [0, 0.1) is 0 Å². The maximum absolute atomic E-state index is 12.1. The van der Waals surface area contributed by atoms with Gasteiger partial charge in [0.25, 0.3) is 0 Å². The Bertz CT molecular complexity index is 383. The van der Waals surface area contributed by atoms with E-state index in [0.717, 1.165) is 30.7 Å². The van der Waals surface area contributed by atoms with Crippen LogP contribution in [0.25, 0.3) is 6.08 Å². The fourth-order valence-electron chi connectivity index (χ4n) is 2.35. The van der Waals surface area contributed by atoms with Crippen LogP contribution in [-0.2, 0) is 4.79 Å². The van der Waals surface area contributed by atoms with Gasteiger partial charge in [0.05, 0.1) is 0 Å². The molecule has 2 rings (SSSR count). The highest BCUT2D eigenvalue weighted by atomic mass is 32.1. The molecule has 0 radical (unpaired) electrons. The highest BCUT2D eigenvalue weighted by molar-refractivity contribution is 7.10. The van der Waals surface area contributed by atoms with Crippen molar-refractivity contribution in [2.75, 3.05) is 6.54 Å². The second-order valence-electron chi connectivity index (χ2n) is 4.44. The number of likely N-dealkylation sites (tertiary alicyclic amines) is 1. The van der Waals surface area contributed by atoms with E-state index < -0.39 is 0 Å². The van der Waals surface area contributed by atoms with Crippen LogP contribution in [0.2, 0.25) is 0 Å². The summed E-state index contributed by atoms with van der Waals surface area (Å²) in [6.07, 6.45) is 8.29. The van der Waals surface area contributed by atoms with Crippen LogP contribution in [0.4, 0.5) is 0 Å². The van der Waals surface area contributed by atoms with Crippen LogP contribution in [-0.4, -0.2) is 23.4 Å². The molecule has 1 aliphatic heterocycles. The van der Waals surface area contributed by atoms with E-state index in [9.17, 15) is 4.79 Å². The predicted molar refractivity (Wildman–Crippen MR) is 73.0 cm³/mol. The number of carbonyl (C=O) groups excluding carboxylic acids is 1. The van der Waals surface area contributed by atoms with E-state index in [1.165, 1.54) is 6.42 Å². The summed E-state index contributed by atoms with van der Waals surface area (Å²) in [4.78, 5) is 15.3. The van der Waals surface area contributed by atoms with Crippen molar-refractivity contribution in [2.45, 2.75) is 38.6 Å². The normalized spacial score (nSPS) is 21.0. The minimum absolute atomic E-state index is 0.171. The molecule has 1 aliphatic rings. The molecular weight excluding hydrogens is 230 g/mol. The topological polar surface area (TPSA) is 20.3 Å². The lowest BCUT2D eigenvalue weighted by atomic mass is 10.00. The summed E-state index contributed by atoms with van der Waals surface area (Å²) < 4.78 is 0. The molecule has 1 saturated heterocycles. The number of carbonyl (C=O) groups is 1. The van der Waals surface area contributed by atoms with Gasteiger partial charge in [-0.1, -0.05) is 13.0 Å². The van der Waals surface area contributed by atoms with Crippen LogP contribution in [0.3, 0.4) is 0 Å². The highest BCUT2D eigenvalue weighted by Crippen LogP contribution is 2.20. The summed E-state index contributed by atoms with van der Waals surface area (Å²) in [5, 5.41) is 2.03. The number of hydrogen-bond donors (Lipinski definition) is 0. The molecule has 2 heterocycles. The molecule has 17 heavy (non-hydrogen) atoms. The maximum Gasteiger partial charge on any atom is 0.246 e. The second-order valence-corrected chi connectivity index (χ2v) is 5.42. The Balaban J connectivity index is 1.98. The van der Waals surface area contributed by atoms with Gasteiger partial charge in [-0.2, -0.15) is 0 Å². The number of thiophene rings is 1. The Labute approximate surface area is 107 Å². The van der Waals surface area contributed by atoms with Crippen molar-refractivity contribution < 1.29 is 4.79 Å². The van der Waals surface area contributed by atoms with Gasteiger partial charge in [0, 0.05) is 23.5 Å². The molecular formula is C14H19NOS. The van der Waals surface area contributed by atoms with E-state index in [2.05, 4.69) is 6.92 Å². The third-order valence-corrected chi connectivity index (χ3v) is 4.15. The van der Waals surface area contributed by atoms with E-state index >= 15 is 0 Å². The van der Waals surface area contributed by atoms with Crippen LogP contribution in [0.1, 0.15) is 37.5 Å². The Morgan fingerprint density at radius 1 is 1.59 bits per heavy atom. The Kier molecular flexibility index (Phi) is 4.37. The fraction of sp³-hybridized carbons (Fsp3) is 0.500. The third kappa shape index (κ3) is 3.19. The van der Waals surface area contributed by atoms with Gasteiger partial charge in [-0.15, -0.1) is 11.3 Å². The van der Waals surface area contributed by atoms with Crippen LogP contribution < -0.4 is 0 Å². The van der Waals surface area contributed by atoms with Gasteiger partial charge in [-0.25, -0.2) is 0 Å². The van der Waals surface area contributed by atoms with Crippen molar-refractivity contribution in [1.82, 2.24) is 4.90 Å². The molecule has 1 amide bonds. The molecule has 0 aromatic carbocycles. The van der Waals surface area contributed by atoms with E-state index in [0.29, 0.717) is 6.04 Å². The Morgan fingerprint density at radius 2 is 2.47 bits per heavy atom. The zero-order chi connectivity index (χ0) is 12.1. The molecule has 0 saturated carbocycles. The number of nitrogens with zero attached hydrogens (tertiary/aromatic N) is 1. The standard InChI is InChI=1S/C14H19NOS/c1-2-12-6-3-4-10-15(12)14(16)9-8-13-7-5-11-17-13/h5,7-9,11-12H,2-4,6,10H2,1H3. The van der Waals surface area contributed by atoms with Crippen LogP contribution in [0.5, 0.6) is 0 Å². The maximum atomic E-state index is 12.1. The van der Waals surface area contributed by atoms with Crippen LogP contribution in [0.15, 0.2) is 23.6 Å². The summed E-state index contributed by atoms with van der Waals surface area (Å²) in [6.45, 7) is 3.09. The fourth-order valence-corrected chi connectivity index (χ4v) is 2.97. The monoisotopic (exact) mass is 249 g/mol. The summed E-state index contributed by atoms with van der Waals surface area (Å²) in [5.74, 6) is 0.171. The zero-order valence-electron chi connectivity index (χ0n) is 10.3. The molecule has 1 aromatic rings. The first-order valence-electron chi connectivity index (χ1n) is 6.33. The molecule has 2 nitrogen and oxygen atoms in total. The first kappa shape index (κ1) is 12.4. The largest absolute Gasteiger partial charge is 0.336 e. The molecule has 0 N–H and O–H groups in total. The molecule has 0 aliphatic carbocycles. The van der Waals surface area contributed by atoms with Crippen molar-refractivity contribution in [1.29, 1.82) is 0 Å². The number of hydrogen-bond acceptors (Lipinski definition) is 2. The van der Waals surface area contributed by atoms with Crippen molar-refractivity contribution >= 4 is 23.3 Å². The van der Waals surface area contributed by atoms with Gasteiger partial charge in [0.2, 0.25) is 5.91 Å². The van der Waals surface area contributed by atoms with Gasteiger partial charge in [0.1, 0.15) is 0 Å². The summed E-state index contributed by atoms with van der Waals surface area (Å²) in [7, 11) is 0. The lowest BCUT2D eigenvalue weighted by Crippen LogP contribution is -2.42. The van der Waals surface area contributed by atoms with Gasteiger partial charge < -0.3 is 4.90 Å². The van der Waals surface area contributed by atoms with E-state index in [1.807, 2.05) is 28.5 Å². The van der Waals surface area contributed by atoms with Crippen molar-refractivity contribution in [3.05, 3.63) is 28.5 Å². The summed E-state index contributed by atoms with van der Waals surface area (Å²) in [5.41, 5.74) is 0. The van der Waals surface area contributed by atoms with Gasteiger partial charge >= 0.3 is 0 Å². The predicted octanol–water partition coefficient (Wildman–Crippen LogP) is 3.55. The quantitative estimate of drug-likeness (QED) is 0.750. The molecule has 1 aromatic heterocycles. The Morgan fingerprint density at radius 3 is 3.18 bits per heavy atom. The lowest BCUT2D eigenvalue weighted by Gasteiger charge is -2.34. The van der Waals surface area contributed by atoms with Gasteiger partial charge in [0.15, 0.2) is 0 Å². The van der Waals surface area contributed by atoms with Gasteiger partial charge in [-0.05, 0) is 43.2 Å². The van der Waals surface area contributed by atoms with E-state index in [-0.39, 0.29) is 5.91 Å². The average molecular weight is 249 g/mol. The van der Waals surface area contributed by atoms with Gasteiger partial charge in [-0.3, -0.25) is 4.79 Å². The SMILES string of the molecule is CCC1CCCCN1C(=O)C=Cc1cccs1. The van der Waals surface area contributed by atoms with Crippen molar-refractivity contribution in [2.24, 2.45) is 0 Å². The average Bonchev–Trinajstić information content (AvgIpc) is 2.89. The van der Waals surface area contributed by atoms with Crippen molar-refractivity contribution in [3.63, 3.8) is 0 Å². The van der Waals surface area contributed by atoms with Crippen LogP contribution >= 0.6 is 11.3 Å². The molecule has 3 heteroatoms. The highest BCUT2D eigenvalue weighted by Gasteiger charge is 2.23. The Hall–Kier alpha value is -1.09. The third-order valence-electron chi connectivity index (χ3n) is 3.31. The lowest BCUT2D eigenvalue weighted by molar-refractivity contribution is -0.129. The molecule has 0 spiro atoms. The van der Waals surface area contributed by atoms with E-state index in [4.69, 9.17) is 0 Å². The molecule has 1 unspecified atom stereocenters. The summed E-state index contributed by atoms with van der Waals surface area (Å²) in [6, 6.07) is 4.48. The van der Waals surface area contributed by atoms with E-state index in [1.54, 1.807) is 17.4 Å². The smallest absolute Gasteiger partial charge is 0.246 e. The molecule has 0 bridgehead atoms. The first-order chi connectivity index (χ1) is 8.31. The summed E-state index contributed by atoms with van der Waals surface area (Å²) >= 11 is 1.66. The number of piperidine rings is 1. The molecule has 1 atom stereocenters. The minimum Gasteiger partial charge on any atom is -0.336 e. The number of rotatable bonds is 3. The molecule has 92 valence electrons. The second kappa shape index (κ2) is 6.01. The first-order valence-corrected chi connectivity index (χ1v) is 7.21. The number of amides is 1. The van der Waals surface area contributed by atoms with Crippen molar-refractivity contribution in [3.8, 4) is 0 Å². The minimum atomic E-state index is 0.171.